The summed E-state index contributed by atoms with van der Waals surface area (Å²) in [7, 11) is 2.22. The summed E-state index contributed by atoms with van der Waals surface area (Å²) in [5.41, 5.74) is 0. The zero-order valence-electron chi connectivity index (χ0n) is 9.17. The molecule has 0 bridgehead atoms. The lowest BCUT2D eigenvalue weighted by Crippen LogP contribution is -2.38. The van der Waals surface area contributed by atoms with E-state index in [0.717, 1.165) is 25.6 Å². The van der Waals surface area contributed by atoms with E-state index in [4.69, 9.17) is 4.74 Å². The first-order valence-electron chi connectivity index (χ1n) is 5.85. The molecule has 2 heterocycles. The fourth-order valence-electron chi connectivity index (χ4n) is 2.49. The van der Waals surface area contributed by atoms with Gasteiger partial charge in [-0.05, 0) is 38.8 Å². The van der Waals surface area contributed by atoms with Gasteiger partial charge in [-0.25, -0.2) is 0 Å². The minimum absolute atomic E-state index is 0.481. The lowest BCUT2D eigenvalue weighted by molar-refractivity contribution is 0.0200. The van der Waals surface area contributed by atoms with Crippen molar-refractivity contribution in [2.24, 2.45) is 5.92 Å². The number of likely N-dealkylation sites (tertiary alicyclic amines) is 1. The molecule has 3 heteroatoms. The molecule has 2 aliphatic heterocycles. The minimum atomic E-state index is 0.481. The second kappa shape index (κ2) is 5.10. The van der Waals surface area contributed by atoms with E-state index in [1.807, 2.05) is 0 Å². The third-order valence-corrected chi connectivity index (χ3v) is 3.39. The van der Waals surface area contributed by atoms with Gasteiger partial charge < -0.3 is 15.0 Å². The predicted octanol–water partition coefficient (Wildman–Crippen LogP) is 0.707. The van der Waals surface area contributed by atoms with Gasteiger partial charge in [-0.15, -0.1) is 0 Å². The van der Waals surface area contributed by atoms with Crippen molar-refractivity contribution in [1.82, 2.24) is 10.2 Å². The number of hydrogen-bond acceptors (Lipinski definition) is 3. The molecule has 2 saturated heterocycles. The summed E-state index contributed by atoms with van der Waals surface area (Å²) in [4.78, 5) is 2.44. The van der Waals surface area contributed by atoms with Crippen LogP contribution in [0.4, 0.5) is 0 Å². The molecule has 0 spiro atoms. The second-order valence-electron chi connectivity index (χ2n) is 4.69. The van der Waals surface area contributed by atoms with Crippen molar-refractivity contribution >= 4 is 0 Å². The van der Waals surface area contributed by atoms with Crippen molar-refractivity contribution in [1.29, 1.82) is 0 Å². The molecule has 82 valence electrons. The third kappa shape index (κ3) is 2.94. The van der Waals surface area contributed by atoms with Crippen LogP contribution < -0.4 is 5.32 Å². The highest BCUT2D eigenvalue weighted by Crippen LogP contribution is 2.21. The van der Waals surface area contributed by atoms with Gasteiger partial charge in [-0.3, -0.25) is 0 Å². The summed E-state index contributed by atoms with van der Waals surface area (Å²) in [5, 5.41) is 3.38. The highest BCUT2D eigenvalue weighted by Gasteiger charge is 2.21. The Labute approximate surface area is 86.8 Å². The summed E-state index contributed by atoms with van der Waals surface area (Å²) in [6.45, 7) is 5.56. The van der Waals surface area contributed by atoms with E-state index in [2.05, 4.69) is 17.3 Å². The molecule has 0 aliphatic carbocycles. The molecule has 3 nitrogen and oxygen atoms in total. The first-order valence-corrected chi connectivity index (χ1v) is 5.85. The van der Waals surface area contributed by atoms with E-state index in [1.54, 1.807) is 0 Å². The quantitative estimate of drug-likeness (QED) is 0.723. The SMILES string of the molecule is CN1CCC(CCC2CNCCO2)C1. The van der Waals surface area contributed by atoms with Gasteiger partial charge in [0.1, 0.15) is 0 Å². The fourth-order valence-corrected chi connectivity index (χ4v) is 2.49. The lowest BCUT2D eigenvalue weighted by Gasteiger charge is -2.24. The lowest BCUT2D eigenvalue weighted by atomic mass is 10.00. The van der Waals surface area contributed by atoms with Crippen LogP contribution in [0, 0.1) is 5.92 Å². The van der Waals surface area contributed by atoms with E-state index in [9.17, 15) is 0 Å². The maximum absolute atomic E-state index is 5.69. The molecule has 0 aromatic rings. The number of ether oxygens (including phenoxy) is 1. The number of hydrogen-bond donors (Lipinski definition) is 1. The van der Waals surface area contributed by atoms with Crippen molar-refractivity contribution in [2.45, 2.75) is 25.4 Å². The van der Waals surface area contributed by atoms with Crippen LogP contribution in [0.15, 0.2) is 0 Å². The molecule has 0 aromatic heterocycles. The summed E-state index contributed by atoms with van der Waals surface area (Å²) < 4.78 is 5.69. The van der Waals surface area contributed by atoms with Crippen LogP contribution in [0.5, 0.6) is 0 Å². The Bertz CT molecular complexity index is 164. The van der Waals surface area contributed by atoms with Crippen LogP contribution >= 0.6 is 0 Å². The number of nitrogens with one attached hydrogen (secondary N) is 1. The Balaban J connectivity index is 1.61. The minimum Gasteiger partial charge on any atom is -0.376 e. The molecule has 1 N–H and O–H groups in total. The van der Waals surface area contributed by atoms with E-state index in [1.165, 1.54) is 32.4 Å². The highest BCUT2D eigenvalue weighted by atomic mass is 16.5. The van der Waals surface area contributed by atoms with Gasteiger partial charge in [0.15, 0.2) is 0 Å². The zero-order valence-corrected chi connectivity index (χ0v) is 9.17. The van der Waals surface area contributed by atoms with Crippen molar-refractivity contribution in [3.05, 3.63) is 0 Å². The van der Waals surface area contributed by atoms with Crippen LogP contribution in [0.25, 0.3) is 0 Å². The maximum Gasteiger partial charge on any atom is 0.0700 e. The van der Waals surface area contributed by atoms with Crippen LogP contribution in [0.1, 0.15) is 19.3 Å². The van der Waals surface area contributed by atoms with Crippen LogP contribution in [-0.4, -0.2) is 50.8 Å². The van der Waals surface area contributed by atoms with Crippen molar-refractivity contribution in [3.8, 4) is 0 Å². The van der Waals surface area contributed by atoms with Gasteiger partial charge in [0.05, 0.1) is 12.7 Å². The molecule has 2 rings (SSSR count). The van der Waals surface area contributed by atoms with Gasteiger partial charge in [-0.2, -0.15) is 0 Å². The van der Waals surface area contributed by atoms with Crippen LogP contribution in [0.3, 0.4) is 0 Å². The van der Waals surface area contributed by atoms with E-state index >= 15 is 0 Å². The zero-order chi connectivity index (χ0) is 9.80. The van der Waals surface area contributed by atoms with Crippen molar-refractivity contribution in [3.63, 3.8) is 0 Å². The molecule has 0 amide bonds. The van der Waals surface area contributed by atoms with Gasteiger partial charge in [0.2, 0.25) is 0 Å². The van der Waals surface area contributed by atoms with Crippen molar-refractivity contribution < 1.29 is 4.74 Å². The Morgan fingerprint density at radius 2 is 2.36 bits per heavy atom. The summed E-state index contributed by atoms with van der Waals surface area (Å²) in [5.74, 6) is 0.922. The second-order valence-corrected chi connectivity index (χ2v) is 4.69. The maximum atomic E-state index is 5.69. The highest BCUT2D eigenvalue weighted by molar-refractivity contribution is 4.75. The number of rotatable bonds is 3. The standard InChI is InChI=1S/C11H22N2O/c1-13-6-4-10(9-13)2-3-11-8-12-5-7-14-11/h10-12H,2-9H2,1H3. The predicted molar refractivity (Wildman–Crippen MR) is 57.4 cm³/mol. The van der Waals surface area contributed by atoms with Gasteiger partial charge in [-0.1, -0.05) is 0 Å². The Hall–Kier alpha value is -0.120. The fraction of sp³-hybridized carbons (Fsp3) is 1.00. The molecule has 0 saturated carbocycles. The van der Waals surface area contributed by atoms with Crippen molar-refractivity contribution in [2.75, 3.05) is 39.8 Å². The summed E-state index contributed by atoms with van der Waals surface area (Å²) in [6.07, 6.45) is 4.45. The topological polar surface area (TPSA) is 24.5 Å². The van der Waals surface area contributed by atoms with E-state index in [-0.39, 0.29) is 0 Å². The molecule has 2 aliphatic rings. The Kier molecular flexibility index (Phi) is 3.79. The summed E-state index contributed by atoms with van der Waals surface area (Å²) in [6, 6.07) is 0. The van der Waals surface area contributed by atoms with Gasteiger partial charge in [0.25, 0.3) is 0 Å². The first-order chi connectivity index (χ1) is 6.84. The van der Waals surface area contributed by atoms with Gasteiger partial charge in [0, 0.05) is 19.6 Å². The average molecular weight is 198 g/mol. The third-order valence-electron chi connectivity index (χ3n) is 3.39. The molecule has 0 aromatic carbocycles. The molecular weight excluding hydrogens is 176 g/mol. The monoisotopic (exact) mass is 198 g/mol. The van der Waals surface area contributed by atoms with E-state index < -0.39 is 0 Å². The normalized spacial score (nSPS) is 34.9. The Morgan fingerprint density at radius 1 is 1.43 bits per heavy atom. The molecular formula is C11H22N2O. The first kappa shape index (κ1) is 10.4. The number of nitrogens with zero attached hydrogens (tertiary/aromatic N) is 1. The van der Waals surface area contributed by atoms with Crippen LogP contribution in [0.2, 0.25) is 0 Å². The molecule has 2 fully saturated rings. The average Bonchev–Trinajstić information content (AvgIpc) is 2.63. The summed E-state index contributed by atoms with van der Waals surface area (Å²) >= 11 is 0. The smallest absolute Gasteiger partial charge is 0.0700 e. The molecule has 2 atom stereocenters. The van der Waals surface area contributed by atoms with Crippen LogP contribution in [-0.2, 0) is 4.74 Å². The molecule has 14 heavy (non-hydrogen) atoms. The van der Waals surface area contributed by atoms with Gasteiger partial charge >= 0.3 is 0 Å². The largest absolute Gasteiger partial charge is 0.376 e. The number of morpholine rings is 1. The van der Waals surface area contributed by atoms with E-state index in [0.29, 0.717) is 6.10 Å². The Morgan fingerprint density at radius 3 is 3.00 bits per heavy atom. The molecule has 0 radical (unpaired) electrons. The molecule has 2 unspecified atom stereocenters.